The topological polar surface area (TPSA) is 58.6 Å². The molecule has 1 rings (SSSR count). The van der Waals surface area contributed by atoms with Gasteiger partial charge in [-0.3, -0.25) is 4.79 Å². The minimum atomic E-state index is -0.790. The van der Waals surface area contributed by atoms with Crippen LogP contribution < -0.4 is 10.1 Å². The first-order chi connectivity index (χ1) is 9.67. The lowest BCUT2D eigenvalue weighted by Crippen LogP contribution is -2.36. The van der Waals surface area contributed by atoms with Gasteiger partial charge in [0.05, 0.1) is 6.61 Å². The summed E-state index contributed by atoms with van der Waals surface area (Å²) in [6.45, 7) is 3.34. The fourth-order valence-corrected chi connectivity index (χ4v) is 2.18. The summed E-state index contributed by atoms with van der Waals surface area (Å²) in [6, 6.07) is 7.28. The van der Waals surface area contributed by atoms with Crippen molar-refractivity contribution in [2.75, 3.05) is 18.6 Å². The van der Waals surface area contributed by atoms with Crippen LogP contribution in [0.15, 0.2) is 24.3 Å². The molecule has 0 saturated heterocycles. The van der Waals surface area contributed by atoms with Crippen molar-refractivity contribution in [2.45, 2.75) is 32.4 Å². The molecular weight excluding hydrogens is 274 g/mol. The van der Waals surface area contributed by atoms with Crippen LogP contribution in [-0.4, -0.2) is 35.7 Å². The van der Waals surface area contributed by atoms with Gasteiger partial charge < -0.3 is 15.2 Å². The number of benzene rings is 1. The summed E-state index contributed by atoms with van der Waals surface area (Å²) in [5.74, 6) is 0.906. The molecule has 0 spiro atoms. The molecular formula is C15H23NO3S. The fourth-order valence-electron chi connectivity index (χ4n) is 1.71. The van der Waals surface area contributed by atoms with Gasteiger partial charge >= 0.3 is 5.97 Å². The maximum atomic E-state index is 11.1. The zero-order valence-corrected chi connectivity index (χ0v) is 12.9. The van der Waals surface area contributed by atoms with Gasteiger partial charge in [-0.25, -0.2) is 0 Å². The first-order valence-electron chi connectivity index (χ1n) is 6.84. The largest absolute Gasteiger partial charge is 0.494 e. The van der Waals surface area contributed by atoms with E-state index in [4.69, 9.17) is 9.84 Å². The van der Waals surface area contributed by atoms with Crippen LogP contribution in [0.4, 0.5) is 0 Å². The lowest BCUT2D eigenvalue weighted by atomic mass is 10.2. The quantitative estimate of drug-likeness (QED) is 0.695. The molecule has 0 saturated carbocycles. The second kappa shape index (κ2) is 9.66. The third-order valence-electron chi connectivity index (χ3n) is 2.86. The summed E-state index contributed by atoms with van der Waals surface area (Å²) in [4.78, 5) is 11.1. The highest BCUT2D eigenvalue weighted by Gasteiger charge is 2.15. The molecule has 112 valence electrons. The monoisotopic (exact) mass is 297 g/mol. The number of aliphatic carboxylic acids is 1. The third kappa shape index (κ3) is 6.30. The molecule has 0 radical (unpaired) electrons. The molecule has 0 aromatic heterocycles. The van der Waals surface area contributed by atoms with Gasteiger partial charge in [0.25, 0.3) is 0 Å². The van der Waals surface area contributed by atoms with Crippen LogP contribution in [0.2, 0.25) is 0 Å². The van der Waals surface area contributed by atoms with Crippen molar-refractivity contribution in [3.05, 3.63) is 29.8 Å². The number of carboxylic acids is 1. The standard InChI is InChI=1S/C15H23NO3S/c1-3-9-19-13-6-4-12(5-7-13)11-16-14(15(17)18)8-10-20-2/h4-7,14,16H,3,8-11H2,1-2H3,(H,17,18). The molecule has 20 heavy (non-hydrogen) atoms. The molecule has 0 aliphatic carbocycles. The molecule has 4 nitrogen and oxygen atoms in total. The van der Waals surface area contributed by atoms with E-state index in [9.17, 15) is 4.79 Å². The van der Waals surface area contributed by atoms with Gasteiger partial charge in [0.2, 0.25) is 0 Å². The van der Waals surface area contributed by atoms with Crippen molar-refractivity contribution in [3.8, 4) is 5.75 Å². The Hall–Kier alpha value is -1.20. The van der Waals surface area contributed by atoms with Crippen LogP contribution in [0.1, 0.15) is 25.3 Å². The van der Waals surface area contributed by atoms with Gasteiger partial charge in [0.1, 0.15) is 11.8 Å². The van der Waals surface area contributed by atoms with Crippen molar-refractivity contribution in [1.29, 1.82) is 0 Å². The van der Waals surface area contributed by atoms with Crippen molar-refractivity contribution >= 4 is 17.7 Å². The minimum absolute atomic E-state index is 0.488. The Kier molecular flexibility index (Phi) is 8.14. The molecule has 0 heterocycles. The van der Waals surface area contributed by atoms with Crippen LogP contribution in [0.5, 0.6) is 5.75 Å². The number of nitrogens with one attached hydrogen (secondary N) is 1. The van der Waals surface area contributed by atoms with E-state index in [2.05, 4.69) is 12.2 Å². The van der Waals surface area contributed by atoms with Crippen molar-refractivity contribution in [3.63, 3.8) is 0 Å². The molecule has 5 heteroatoms. The van der Waals surface area contributed by atoms with E-state index >= 15 is 0 Å². The van der Waals surface area contributed by atoms with Crippen LogP contribution in [-0.2, 0) is 11.3 Å². The Labute approximate surface area is 124 Å². The summed E-state index contributed by atoms with van der Waals surface area (Å²) in [5.41, 5.74) is 1.06. The minimum Gasteiger partial charge on any atom is -0.494 e. The third-order valence-corrected chi connectivity index (χ3v) is 3.50. The number of ether oxygens (including phenoxy) is 1. The lowest BCUT2D eigenvalue weighted by Gasteiger charge is -2.14. The molecule has 0 bridgehead atoms. The van der Waals surface area contributed by atoms with Crippen molar-refractivity contribution in [1.82, 2.24) is 5.32 Å². The van der Waals surface area contributed by atoms with Gasteiger partial charge in [-0.05, 0) is 42.5 Å². The number of hydrogen-bond donors (Lipinski definition) is 2. The lowest BCUT2D eigenvalue weighted by molar-refractivity contribution is -0.139. The normalized spacial score (nSPS) is 12.1. The molecule has 1 unspecified atom stereocenters. The summed E-state index contributed by atoms with van der Waals surface area (Å²) < 4.78 is 5.51. The maximum Gasteiger partial charge on any atom is 0.320 e. The summed E-state index contributed by atoms with van der Waals surface area (Å²) in [5, 5.41) is 12.2. The number of rotatable bonds is 10. The Morgan fingerprint density at radius 2 is 2.10 bits per heavy atom. The molecule has 1 atom stereocenters. The van der Waals surface area contributed by atoms with E-state index in [0.717, 1.165) is 23.5 Å². The zero-order valence-electron chi connectivity index (χ0n) is 12.1. The van der Waals surface area contributed by atoms with E-state index in [1.54, 1.807) is 11.8 Å². The number of hydrogen-bond acceptors (Lipinski definition) is 4. The van der Waals surface area contributed by atoms with Crippen molar-refractivity contribution < 1.29 is 14.6 Å². The smallest absolute Gasteiger partial charge is 0.320 e. The predicted octanol–water partition coefficient (Wildman–Crippen LogP) is 2.77. The summed E-state index contributed by atoms with van der Waals surface area (Å²) >= 11 is 1.66. The maximum absolute atomic E-state index is 11.1. The van der Waals surface area contributed by atoms with E-state index < -0.39 is 12.0 Å². The number of carbonyl (C=O) groups is 1. The Morgan fingerprint density at radius 3 is 2.65 bits per heavy atom. The summed E-state index contributed by atoms with van der Waals surface area (Å²) in [7, 11) is 0. The van der Waals surface area contributed by atoms with E-state index in [1.165, 1.54) is 0 Å². The first-order valence-corrected chi connectivity index (χ1v) is 8.23. The first kappa shape index (κ1) is 16.9. The molecule has 0 fully saturated rings. The van der Waals surface area contributed by atoms with Gasteiger partial charge in [0.15, 0.2) is 0 Å². The summed E-state index contributed by atoms with van der Waals surface area (Å²) in [6.07, 6.45) is 3.60. The molecule has 1 aromatic carbocycles. The molecule has 2 N–H and O–H groups in total. The predicted molar refractivity (Wildman–Crippen MR) is 83.5 cm³/mol. The highest BCUT2D eigenvalue weighted by molar-refractivity contribution is 7.98. The Balaban J connectivity index is 2.44. The Bertz CT molecular complexity index is 395. The van der Waals surface area contributed by atoms with Crippen molar-refractivity contribution in [2.24, 2.45) is 0 Å². The molecule has 0 amide bonds. The average Bonchev–Trinajstić information content (AvgIpc) is 2.46. The molecule has 0 aliphatic rings. The van der Waals surface area contributed by atoms with Crippen LogP contribution in [0, 0.1) is 0 Å². The van der Waals surface area contributed by atoms with E-state index in [-0.39, 0.29) is 0 Å². The second-order valence-electron chi connectivity index (χ2n) is 4.55. The van der Waals surface area contributed by atoms with Gasteiger partial charge in [0, 0.05) is 6.54 Å². The molecule has 1 aromatic rings. The van der Waals surface area contributed by atoms with Gasteiger partial charge in [-0.1, -0.05) is 19.1 Å². The second-order valence-corrected chi connectivity index (χ2v) is 5.53. The highest BCUT2D eigenvalue weighted by Crippen LogP contribution is 2.12. The highest BCUT2D eigenvalue weighted by atomic mass is 32.2. The zero-order chi connectivity index (χ0) is 14.8. The van der Waals surface area contributed by atoms with E-state index in [1.807, 2.05) is 30.5 Å². The molecule has 0 aliphatic heterocycles. The average molecular weight is 297 g/mol. The number of thioether (sulfide) groups is 1. The van der Waals surface area contributed by atoms with Crippen LogP contribution in [0.25, 0.3) is 0 Å². The SMILES string of the molecule is CCCOc1ccc(CNC(CCSC)C(=O)O)cc1. The number of carboxylic acid groups (broad SMARTS) is 1. The van der Waals surface area contributed by atoms with Crippen LogP contribution in [0.3, 0.4) is 0 Å². The van der Waals surface area contributed by atoms with Crippen LogP contribution >= 0.6 is 11.8 Å². The fraction of sp³-hybridized carbons (Fsp3) is 0.533. The van der Waals surface area contributed by atoms with Gasteiger partial charge in [-0.15, -0.1) is 0 Å². The van der Waals surface area contributed by atoms with Gasteiger partial charge in [-0.2, -0.15) is 11.8 Å². The Morgan fingerprint density at radius 1 is 1.40 bits per heavy atom. The van der Waals surface area contributed by atoms with E-state index in [0.29, 0.717) is 19.6 Å².